The Labute approximate surface area is 450 Å². The zero-order valence-corrected chi connectivity index (χ0v) is 44.2. The minimum absolute atomic E-state index is 0.228. The number of nitrogens with zero attached hydrogens (tertiary/aromatic N) is 1. The number of carbonyl (C=O) groups is 1. The lowest BCUT2D eigenvalue weighted by atomic mass is 9.73. The first kappa shape index (κ1) is 50.4. The molecule has 2 fully saturated rings. The van der Waals surface area contributed by atoms with E-state index in [0.29, 0.717) is 46.9 Å². The van der Waals surface area contributed by atoms with Gasteiger partial charge in [-0.3, -0.25) is 4.79 Å². The summed E-state index contributed by atoms with van der Waals surface area (Å²) in [5.74, 6) is 1.67. The molecule has 5 nitrogen and oxygen atoms in total. The van der Waals surface area contributed by atoms with Crippen LogP contribution >= 0.6 is 0 Å². The Morgan fingerprint density at radius 1 is 0.675 bits per heavy atom. The fourth-order valence-corrected chi connectivity index (χ4v) is 13.0. The monoisotopic (exact) mass is 1030 g/mol. The van der Waals surface area contributed by atoms with Crippen LogP contribution < -0.4 is 15.0 Å². The lowest BCUT2D eigenvalue weighted by Gasteiger charge is -2.41. The summed E-state index contributed by atoms with van der Waals surface area (Å²) >= 11 is 0. The first-order chi connectivity index (χ1) is 37.4. The maximum Gasteiger partial charge on any atom is 0.416 e. The van der Waals surface area contributed by atoms with Gasteiger partial charge in [0.05, 0.1) is 18.8 Å². The zero-order valence-electron chi connectivity index (χ0n) is 44.2. The Hall–Kier alpha value is -7.42. The van der Waals surface area contributed by atoms with E-state index in [1.54, 1.807) is 6.07 Å². The standard InChI is InChI=1S/C69H65F3N2O3/c1-4-5-7-12-45-17-19-46(20-18-45)47-21-23-48(24-22-47)49-25-27-51(28-26-49)66(75)73-55-34-29-50(30-35-55)60-44-68(52-13-8-6-9-14-52,53-31-36-56(37-32-53)74-39-41-76-42-40-74)77-65-59-43-54(69(70,71)72)33-38-57(59)62-58-15-10-11-16-61(58)67(2,3)64(62)63(60)65/h6,8-11,13-16,21-38,43-46H,4-5,7,12,17-20,39-42H2,1-3H3,(H,73,75)/t45-,46-,68?. The summed E-state index contributed by atoms with van der Waals surface area (Å²) in [6.45, 7) is 9.49. The van der Waals surface area contributed by atoms with Gasteiger partial charge in [0.2, 0.25) is 0 Å². The van der Waals surface area contributed by atoms with Crippen LogP contribution in [0.5, 0.6) is 5.75 Å². The van der Waals surface area contributed by atoms with Gasteiger partial charge in [-0.25, -0.2) is 0 Å². The van der Waals surface area contributed by atoms with Crippen LogP contribution in [-0.4, -0.2) is 32.2 Å². The molecule has 8 heteroatoms. The third-order valence-corrected chi connectivity index (χ3v) is 17.2. The van der Waals surface area contributed by atoms with Crippen molar-refractivity contribution in [2.24, 2.45) is 5.92 Å². The van der Waals surface area contributed by atoms with Crippen LogP contribution in [0, 0.1) is 5.92 Å². The summed E-state index contributed by atoms with van der Waals surface area (Å²) in [7, 11) is 0. The molecular formula is C69H65F3N2O3. The van der Waals surface area contributed by atoms with E-state index in [1.807, 2.05) is 91.0 Å². The van der Waals surface area contributed by atoms with Gasteiger partial charge in [0.1, 0.15) is 5.75 Å². The highest BCUT2D eigenvalue weighted by Gasteiger charge is 2.47. The predicted octanol–water partition coefficient (Wildman–Crippen LogP) is 17.5. The second-order valence-electron chi connectivity index (χ2n) is 22.2. The summed E-state index contributed by atoms with van der Waals surface area (Å²) in [6.07, 6.45) is 8.13. The number of morpholine rings is 1. The average Bonchev–Trinajstić information content (AvgIpc) is 3.99. The number of anilines is 2. The molecule has 4 aliphatic rings. The molecule has 1 atom stereocenters. The maximum absolute atomic E-state index is 14.9. The van der Waals surface area contributed by atoms with Crippen molar-refractivity contribution in [2.75, 3.05) is 36.5 Å². The van der Waals surface area contributed by atoms with E-state index in [1.165, 1.54) is 69.1 Å². The molecule has 0 bridgehead atoms. The summed E-state index contributed by atoms with van der Waals surface area (Å²) in [6, 6.07) is 55.2. The molecule has 1 amide bonds. The molecule has 77 heavy (non-hydrogen) atoms. The van der Waals surface area contributed by atoms with Crippen LogP contribution in [-0.2, 0) is 21.9 Å². The molecule has 2 heterocycles. The molecule has 0 spiro atoms. The largest absolute Gasteiger partial charge is 0.472 e. The van der Waals surface area contributed by atoms with Crippen molar-refractivity contribution < 1.29 is 27.4 Å². The van der Waals surface area contributed by atoms with E-state index in [2.05, 4.69) is 97.7 Å². The number of benzene rings is 8. The number of alkyl halides is 3. The van der Waals surface area contributed by atoms with Gasteiger partial charge in [-0.15, -0.1) is 0 Å². The first-order valence-electron chi connectivity index (χ1n) is 27.7. The van der Waals surface area contributed by atoms with Crippen LogP contribution in [0.3, 0.4) is 0 Å². The number of hydrogen-bond donors (Lipinski definition) is 1. The Kier molecular flexibility index (Phi) is 13.4. The zero-order chi connectivity index (χ0) is 52.9. The number of hydrogen-bond acceptors (Lipinski definition) is 4. The van der Waals surface area contributed by atoms with Gasteiger partial charge in [-0.1, -0.05) is 168 Å². The second kappa shape index (κ2) is 20.5. The molecule has 1 unspecified atom stereocenters. The van der Waals surface area contributed by atoms with Crippen LogP contribution in [0.25, 0.3) is 38.6 Å². The summed E-state index contributed by atoms with van der Waals surface area (Å²) < 4.78 is 58.1. The fourth-order valence-electron chi connectivity index (χ4n) is 13.0. The van der Waals surface area contributed by atoms with E-state index in [9.17, 15) is 18.0 Å². The number of carbonyl (C=O) groups excluding carboxylic acids is 1. The smallest absolute Gasteiger partial charge is 0.416 e. The van der Waals surface area contributed by atoms with Crippen LogP contribution in [0.15, 0.2) is 176 Å². The van der Waals surface area contributed by atoms with Gasteiger partial charge in [0.25, 0.3) is 5.91 Å². The Balaban J connectivity index is 0.908. The van der Waals surface area contributed by atoms with Crippen molar-refractivity contribution in [1.82, 2.24) is 0 Å². The molecule has 2 aliphatic heterocycles. The molecule has 8 aromatic rings. The van der Waals surface area contributed by atoms with E-state index < -0.39 is 22.8 Å². The minimum atomic E-state index is -4.60. The van der Waals surface area contributed by atoms with Crippen molar-refractivity contribution in [3.8, 4) is 28.0 Å². The second-order valence-corrected chi connectivity index (χ2v) is 22.2. The van der Waals surface area contributed by atoms with Crippen LogP contribution in [0.2, 0.25) is 0 Å². The maximum atomic E-state index is 14.9. The van der Waals surface area contributed by atoms with Gasteiger partial charge in [0, 0.05) is 57.5 Å². The lowest BCUT2D eigenvalue weighted by molar-refractivity contribution is -0.137. The molecular weight excluding hydrogens is 962 g/mol. The number of fused-ring (bicyclic) bond motifs is 8. The third kappa shape index (κ3) is 9.43. The van der Waals surface area contributed by atoms with E-state index in [0.717, 1.165) is 85.9 Å². The highest BCUT2D eigenvalue weighted by Crippen LogP contribution is 2.61. The third-order valence-electron chi connectivity index (χ3n) is 17.2. The number of halogens is 3. The number of amides is 1. The van der Waals surface area contributed by atoms with Gasteiger partial charge < -0.3 is 19.7 Å². The molecule has 12 rings (SSSR count). The minimum Gasteiger partial charge on any atom is -0.472 e. The Morgan fingerprint density at radius 2 is 1.32 bits per heavy atom. The number of rotatable bonds is 12. The first-order valence-corrected chi connectivity index (χ1v) is 27.7. The molecule has 1 saturated heterocycles. The van der Waals surface area contributed by atoms with Gasteiger partial charge >= 0.3 is 6.18 Å². The molecule has 0 radical (unpaired) electrons. The van der Waals surface area contributed by atoms with E-state index in [4.69, 9.17) is 9.47 Å². The molecule has 1 N–H and O–H groups in total. The highest BCUT2D eigenvalue weighted by atomic mass is 19.4. The highest BCUT2D eigenvalue weighted by molar-refractivity contribution is 6.11. The Bertz CT molecular complexity index is 3480. The molecule has 1 saturated carbocycles. The number of ether oxygens (including phenoxy) is 2. The molecule has 390 valence electrons. The normalized spacial score (nSPS) is 19.7. The van der Waals surface area contributed by atoms with Crippen LogP contribution in [0.1, 0.15) is 133 Å². The molecule has 8 aromatic carbocycles. The predicted molar refractivity (Wildman–Crippen MR) is 306 cm³/mol. The Morgan fingerprint density at radius 3 is 2.01 bits per heavy atom. The summed E-state index contributed by atoms with van der Waals surface area (Å²) in [4.78, 5) is 16.3. The molecule has 2 aliphatic carbocycles. The van der Waals surface area contributed by atoms with Crippen molar-refractivity contribution in [3.63, 3.8) is 0 Å². The lowest BCUT2D eigenvalue weighted by Crippen LogP contribution is -2.37. The summed E-state index contributed by atoms with van der Waals surface area (Å²) in [5, 5.41) is 4.22. The summed E-state index contributed by atoms with van der Waals surface area (Å²) in [5.41, 5.74) is 11.2. The fraction of sp³-hybridized carbons (Fsp3) is 0.290. The van der Waals surface area contributed by atoms with Gasteiger partial charge in [-0.05, 0) is 148 Å². The van der Waals surface area contributed by atoms with Crippen molar-refractivity contribution in [2.45, 2.75) is 95.2 Å². The van der Waals surface area contributed by atoms with Gasteiger partial charge in [0.15, 0.2) is 5.60 Å². The molecule has 0 aromatic heterocycles. The van der Waals surface area contributed by atoms with Crippen molar-refractivity contribution in [1.29, 1.82) is 0 Å². The number of nitrogens with one attached hydrogen (secondary N) is 1. The quantitative estimate of drug-likeness (QED) is 0.124. The van der Waals surface area contributed by atoms with Crippen molar-refractivity contribution >= 4 is 33.6 Å². The average molecular weight is 1030 g/mol. The topological polar surface area (TPSA) is 50.8 Å². The van der Waals surface area contributed by atoms with Gasteiger partial charge in [-0.2, -0.15) is 13.2 Å². The number of unbranched alkanes of at least 4 members (excludes halogenated alkanes) is 2. The van der Waals surface area contributed by atoms with Crippen molar-refractivity contribution in [3.05, 3.63) is 226 Å². The van der Waals surface area contributed by atoms with E-state index >= 15 is 0 Å². The SMILES string of the molecule is CCCCC[C@H]1CC[C@H](c2ccc(-c3ccc(C(=O)Nc4ccc(C5=CC(c6ccccc6)(c6ccc(N7CCOCC7)cc6)Oc6c5c5c(c7ccc(C(F)(F)F)cc67)-c6ccccc6C5(C)C)cc4)cc3)cc2)CC1. The van der Waals surface area contributed by atoms with Crippen LogP contribution in [0.4, 0.5) is 24.5 Å². The van der Waals surface area contributed by atoms with E-state index in [-0.39, 0.29) is 5.91 Å².